The molecule has 0 aromatic heterocycles. The van der Waals surface area contributed by atoms with Crippen LogP contribution in [0.4, 0.5) is 0 Å². The van der Waals surface area contributed by atoms with Gasteiger partial charge in [0.05, 0.1) is 0 Å². The van der Waals surface area contributed by atoms with Crippen LogP contribution in [0.3, 0.4) is 0 Å². The van der Waals surface area contributed by atoms with Crippen molar-refractivity contribution in [3.63, 3.8) is 0 Å². The number of aryl methyl sites for hydroxylation is 3. The molecule has 3 rings (SSSR count). The molecule has 0 saturated carbocycles. The van der Waals surface area contributed by atoms with Crippen molar-refractivity contribution >= 4 is 0 Å². The quantitative estimate of drug-likeness (QED) is 0.481. The predicted molar refractivity (Wildman–Crippen MR) is 108 cm³/mol. The molecule has 0 aliphatic carbocycles. The Morgan fingerprint density at radius 1 is 0.458 bits per heavy atom. The van der Waals surface area contributed by atoms with E-state index in [0.29, 0.717) is 0 Å². The lowest BCUT2D eigenvalue weighted by molar-refractivity contribution is 1.18. The molecular formula is C24H30. The summed E-state index contributed by atoms with van der Waals surface area (Å²) in [6, 6.07) is 27.8. The van der Waals surface area contributed by atoms with Crippen molar-refractivity contribution in [3.05, 3.63) is 107 Å². The molecule has 0 radical (unpaired) electrons. The van der Waals surface area contributed by atoms with Crippen molar-refractivity contribution < 1.29 is 0 Å². The van der Waals surface area contributed by atoms with Crippen LogP contribution < -0.4 is 0 Å². The van der Waals surface area contributed by atoms with Crippen molar-refractivity contribution in [1.29, 1.82) is 0 Å². The summed E-state index contributed by atoms with van der Waals surface area (Å²) in [6.07, 6.45) is 1.03. The number of rotatable bonds is 2. The third-order valence-electron chi connectivity index (χ3n) is 3.59. The molecule has 0 bridgehead atoms. The molecule has 0 spiro atoms. The van der Waals surface area contributed by atoms with E-state index < -0.39 is 0 Å². The molecule has 0 aliphatic heterocycles. The number of benzene rings is 3. The monoisotopic (exact) mass is 318 g/mol. The first-order valence-corrected chi connectivity index (χ1v) is 8.76. The normalized spacial score (nSPS) is 9.21. The summed E-state index contributed by atoms with van der Waals surface area (Å²) in [6.45, 7) is 10.3. The van der Waals surface area contributed by atoms with Gasteiger partial charge >= 0.3 is 0 Å². The fraction of sp³-hybridized carbons (Fsp3) is 0.250. The Bertz CT molecular complexity index is 618. The minimum absolute atomic E-state index is 1.03. The Balaban J connectivity index is 0.000000268. The van der Waals surface area contributed by atoms with Crippen molar-refractivity contribution in [2.45, 2.75) is 41.0 Å². The van der Waals surface area contributed by atoms with Gasteiger partial charge in [0.1, 0.15) is 0 Å². The first kappa shape index (κ1) is 19.7. The van der Waals surface area contributed by atoms with Crippen LogP contribution >= 0.6 is 0 Å². The Morgan fingerprint density at radius 2 is 0.792 bits per heavy atom. The minimum atomic E-state index is 1.03. The van der Waals surface area contributed by atoms with Crippen molar-refractivity contribution in [2.24, 2.45) is 0 Å². The molecule has 0 atom stereocenters. The van der Waals surface area contributed by atoms with Gasteiger partial charge in [-0.25, -0.2) is 0 Å². The van der Waals surface area contributed by atoms with Crippen LogP contribution in [0.25, 0.3) is 0 Å². The van der Waals surface area contributed by atoms with Crippen LogP contribution in [0.15, 0.2) is 78.9 Å². The van der Waals surface area contributed by atoms with Gasteiger partial charge in [-0.1, -0.05) is 109 Å². The highest BCUT2D eigenvalue weighted by Gasteiger charge is 1.95. The zero-order chi connectivity index (χ0) is 17.8. The second kappa shape index (κ2) is 11.2. The average molecular weight is 319 g/mol. The largest absolute Gasteiger partial charge is 0.0683 e. The van der Waals surface area contributed by atoms with E-state index in [1.165, 1.54) is 27.8 Å². The zero-order valence-electron chi connectivity index (χ0n) is 15.7. The Morgan fingerprint density at radius 3 is 1.08 bits per heavy atom. The van der Waals surface area contributed by atoms with E-state index in [1.54, 1.807) is 0 Å². The fourth-order valence-corrected chi connectivity index (χ4v) is 2.18. The van der Waals surface area contributed by atoms with Crippen LogP contribution in [-0.4, -0.2) is 0 Å². The van der Waals surface area contributed by atoms with E-state index in [4.69, 9.17) is 0 Å². The van der Waals surface area contributed by atoms with E-state index in [9.17, 15) is 0 Å². The molecule has 24 heavy (non-hydrogen) atoms. The molecule has 3 aromatic carbocycles. The van der Waals surface area contributed by atoms with E-state index in [0.717, 1.165) is 6.42 Å². The molecule has 126 valence electrons. The van der Waals surface area contributed by atoms with Crippen LogP contribution in [0.1, 0.15) is 41.7 Å². The molecule has 0 N–H and O–H groups in total. The fourth-order valence-electron chi connectivity index (χ4n) is 2.18. The molecule has 0 amide bonds. The number of hydrogen-bond donors (Lipinski definition) is 0. The highest BCUT2D eigenvalue weighted by molar-refractivity contribution is 5.29. The van der Waals surface area contributed by atoms with Crippen LogP contribution in [0, 0.1) is 20.8 Å². The van der Waals surface area contributed by atoms with Crippen molar-refractivity contribution in [1.82, 2.24) is 0 Å². The molecule has 3 aromatic rings. The molecule has 0 unspecified atom stereocenters. The van der Waals surface area contributed by atoms with Gasteiger partial charge in [-0.15, -0.1) is 0 Å². The highest BCUT2D eigenvalue weighted by Crippen LogP contribution is 2.11. The molecular weight excluding hydrogens is 288 g/mol. The maximum atomic E-state index is 2.20. The topological polar surface area (TPSA) is 0 Å². The first-order chi connectivity index (χ1) is 11.6. The zero-order valence-corrected chi connectivity index (χ0v) is 15.7. The lowest BCUT2D eigenvalue weighted by atomic mass is 10.0. The van der Waals surface area contributed by atoms with Crippen LogP contribution in [0.2, 0.25) is 0 Å². The summed E-state index contributed by atoms with van der Waals surface area (Å²) in [4.78, 5) is 0. The summed E-state index contributed by atoms with van der Waals surface area (Å²) in [5, 5.41) is 0. The van der Waals surface area contributed by atoms with Gasteiger partial charge in [0.2, 0.25) is 0 Å². The SMILES string of the molecule is CC.Cc1ccc(Cc2ccc(C)cc2)cc1.Cc1ccccc1. The Kier molecular flexibility index (Phi) is 9.23. The van der Waals surface area contributed by atoms with Gasteiger partial charge in [0.15, 0.2) is 0 Å². The molecule has 0 heterocycles. The van der Waals surface area contributed by atoms with Crippen molar-refractivity contribution in [3.8, 4) is 0 Å². The maximum Gasteiger partial charge on any atom is -0.00258 e. The lowest BCUT2D eigenvalue weighted by Gasteiger charge is -2.03. The van der Waals surface area contributed by atoms with E-state index in [2.05, 4.69) is 81.4 Å². The highest BCUT2D eigenvalue weighted by atomic mass is 14.0. The van der Waals surface area contributed by atoms with Gasteiger partial charge in [-0.3, -0.25) is 0 Å². The van der Waals surface area contributed by atoms with Crippen LogP contribution in [-0.2, 0) is 6.42 Å². The van der Waals surface area contributed by atoms with Crippen LogP contribution in [0.5, 0.6) is 0 Å². The van der Waals surface area contributed by atoms with E-state index >= 15 is 0 Å². The number of hydrogen-bond acceptors (Lipinski definition) is 0. The van der Waals surface area contributed by atoms with E-state index in [-0.39, 0.29) is 0 Å². The summed E-state index contributed by atoms with van der Waals surface area (Å²) in [7, 11) is 0. The third-order valence-corrected chi connectivity index (χ3v) is 3.59. The lowest BCUT2D eigenvalue weighted by Crippen LogP contribution is -1.88. The molecule has 0 nitrogen and oxygen atoms in total. The van der Waals surface area contributed by atoms with Gasteiger partial charge in [-0.2, -0.15) is 0 Å². The molecule has 0 saturated heterocycles. The van der Waals surface area contributed by atoms with Gasteiger partial charge in [0.25, 0.3) is 0 Å². The standard InChI is InChI=1S/C15H16.C7H8.C2H6/c1-12-3-7-14(8-4-12)11-15-9-5-13(2)6-10-15;1-7-5-3-2-4-6-7;1-2/h3-10H,11H2,1-2H3;2-6H,1H3;1-2H3. The minimum Gasteiger partial charge on any atom is -0.0683 e. The molecule has 0 aliphatic rings. The molecule has 0 heteroatoms. The third kappa shape index (κ3) is 7.78. The maximum absolute atomic E-state index is 2.20. The summed E-state index contributed by atoms with van der Waals surface area (Å²) < 4.78 is 0. The summed E-state index contributed by atoms with van der Waals surface area (Å²) >= 11 is 0. The molecule has 0 fully saturated rings. The van der Waals surface area contributed by atoms with Gasteiger partial charge in [-0.05, 0) is 38.3 Å². The predicted octanol–water partition coefficient (Wildman–Crippen LogP) is 6.92. The second-order valence-electron chi connectivity index (χ2n) is 5.80. The summed E-state index contributed by atoms with van der Waals surface area (Å²) in [5.41, 5.74) is 6.72. The second-order valence-corrected chi connectivity index (χ2v) is 5.80. The van der Waals surface area contributed by atoms with Gasteiger partial charge in [0, 0.05) is 0 Å². The smallest absolute Gasteiger partial charge is 0.00258 e. The first-order valence-electron chi connectivity index (χ1n) is 8.76. The summed E-state index contributed by atoms with van der Waals surface area (Å²) in [5.74, 6) is 0. The van der Waals surface area contributed by atoms with E-state index in [1.807, 2.05) is 32.0 Å². The Labute approximate surface area is 148 Å². The Hall–Kier alpha value is -2.34. The van der Waals surface area contributed by atoms with Gasteiger partial charge < -0.3 is 0 Å². The average Bonchev–Trinajstić information content (AvgIpc) is 2.62. The van der Waals surface area contributed by atoms with Crippen molar-refractivity contribution in [2.75, 3.05) is 0 Å².